The molecule has 4 nitrogen and oxygen atoms in total. The molecular weight excluding hydrogens is 357 g/mol. The van der Waals surface area contributed by atoms with Gasteiger partial charge in [-0.2, -0.15) is 13.2 Å². The number of para-hydroxylation sites is 1. The van der Waals surface area contributed by atoms with Crippen molar-refractivity contribution in [3.05, 3.63) is 59.2 Å². The molecule has 0 aliphatic heterocycles. The average molecular weight is 378 g/mol. The maximum absolute atomic E-state index is 12.8. The molecule has 7 heteroatoms. The lowest BCUT2D eigenvalue weighted by Gasteiger charge is -2.24. The Balaban J connectivity index is 2.18. The zero-order chi connectivity index (χ0) is 20.4. The Kier molecular flexibility index (Phi) is 5.63. The first-order valence-electron chi connectivity index (χ1n) is 8.29. The summed E-state index contributed by atoms with van der Waals surface area (Å²) in [5, 5.41) is 5.13. The predicted molar refractivity (Wildman–Crippen MR) is 98.4 cm³/mol. The molecule has 0 atom stereocenters. The van der Waals surface area contributed by atoms with Gasteiger partial charge in [0, 0.05) is 11.4 Å². The van der Waals surface area contributed by atoms with E-state index in [0.717, 1.165) is 23.3 Å². The zero-order valence-electron chi connectivity index (χ0n) is 15.5. The first-order valence-corrected chi connectivity index (χ1v) is 8.29. The van der Waals surface area contributed by atoms with Crippen LogP contribution in [0.15, 0.2) is 42.5 Å². The molecule has 27 heavy (non-hydrogen) atoms. The summed E-state index contributed by atoms with van der Waals surface area (Å²) in [6.07, 6.45) is -4.52. The highest BCUT2D eigenvalue weighted by molar-refractivity contribution is 6.14. The van der Waals surface area contributed by atoms with Gasteiger partial charge >= 0.3 is 6.18 Å². The number of amides is 2. The number of hydrogen-bond donors (Lipinski definition) is 2. The van der Waals surface area contributed by atoms with E-state index in [2.05, 4.69) is 10.6 Å². The number of rotatable bonds is 4. The molecule has 0 saturated carbocycles. The topological polar surface area (TPSA) is 58.2 Å². The molecular formula is C20H21F3N2O2. The second kappa shape index (κ2) is 7.42. The van der Waals surface area contributed by atoms with E-state index in [1.807, 2.05) is 32.0 Å². The zero-order valence-corrected chi connectivity index (χ0v) is 15.5. The van der Waals surface area contributed by atoms with Crippen LogP contribution in [0.1, 0.15) is 30.5 Å². The standard InChI is InChI=1S/C20H21F3N2O2/c1-12-7-5-8-13(2)16(12)25-18(27)19(3,4)17(26)24-15-10-6-9-14(11-15)20(21,22)23/h5-11H,1-4H3,(H,24,26)(H,25,27). The van der Waals surface area contributed by atoms with E-state index in [-0.39, 0.29) is 5.69 Å². The van der Waals surface area contributed by atoms with Gasteiger partial charge in [0.2, 0.25) is 11.8 Å². The maximum Gasteiger partial charge on any atom is 0.416 e. The summed E-state index contributed by atoms with van der Waals surface area (Å²) in [6.45, 7) is 6.49. The SMILES string of the molecule is Cc1cccc(C)c1NC(=O)C(C)(C)C(=O)Nc1cccc(C(F)(F)F)c1. The van der Waals surface area contributed by atoms with Gasteiger partial charge in [-0.25, -0.2) is 0 Å². The first kappa shape index (κ1) is 20.5. The number of aryl methyl sites for hydroxylation is 2. The van der Waals surface area contributed by atoms with E-state index in [0.29, 0.717) is 5.69 Å². The second-order valence-electron chi connectivity index (χ2n) is 6.88. The lowest BCUT2D eigenvalue weighted by atomic mass is 9.90. The number of carbonyl (C=O) groups is 2. The van der Waals surface area contributed by atoms with E-state index >= 15 is 0 Å². The maximum atomic E-state index is 12.8. The fourth-order valence-electron chi connectivity index (χ4n) is 2.45. The number of carbonyl (C=O) groups excluding carboxylic acids is 2. The number of halogens is 3. The Bertz CT molecular complexity index is 854. The van der Waals surface area contributed by atoms with Gasteiger partial charge in [-0.05, 0) is 57.0 Å². The molecule has 0 aliphatic rings. The van der Waals surface area contributed by atoms with Crippen LogP contribution in [0.25, 0.3) is 0 Å². The summed E-state index contributed by atoms with van der Waals surface area (Å²) >= 11 is 0. The van der Waals surface area contributed by atoms with Crippen molar-refractivity contribution in [2.45, 2.75) is 33.9 Å². The highest BCUT2D eigenvalue weighted by Crippen LogP contribution is 2.31. The van der Waals surface area contributed by atoms with Gasteiger partial charge < -0.3 is 10.6 Å². The molecule has 0 aromatic heterocycles. The second-order valence-corrected chi connectivity index (χ2v) is 6.88. The molecule has 0 bridgehead atoms. The van der Waals surface area contributed by atoms with Gasteiger partial charge in [-0.1, -0.05) is 24.3 Å². The van der Waals surface area contributed by atoms with Gasteiger partial charge in [-0.15, -0.1) is 0 Å². The molecule has 2 rings (SSSR count). The van der Waals surface area contributed by atoms with Crippen LogP contribution in [-0.2, 0) is 15.8 Å². The fraction of sp³-hybridized carbons (Fsp3) is 0.300. The van der Waals surface area contributed by atoms with Crippen molar-refractivity contribution >= 4 is 23.2 Å². The lowest BCUT2D eigenvalue weighted by molar-refractivity contribution is -0.138. The van der Waals surface area contributed by atoms with Crippen molar-refractivity contribution in [1.29, 1.82) is 0 Å². The Morgan fingerprint density at radius 1 is 0.852 bits per heavy atom. The summed E-state index contributed by atoms with van der Waals surface area (Å²) in [5.41, 5.74) is -0.0960. The lowest BCUT2D eigenvalue weighted by Crippen LogP contribution is -2.41. The van der Waals surface area contributed by atoms with Crippen molar-refractivity contribution in [1.82, 2.24) is 0 Å². The number of hydrogen-bond acceptors (Lipinski definition) is 2. The van der Waals surface area contributed by atoms with Crippen molar-refractivity contribution < 1.29 is 22.8 Å². The largest absolute Gasteiger partial charge is 0.416 e. The van der Waals surface area contributed by atoms with Gasteiger partial charge in [0.25, 0.3) is 0 Å². The van der Waals surface area contributed by atoms with Crippen LogP contribution in [0.3, 0.4) is 0 Å². The number of alkyl halides is 3. The van der Waals surface area contributed by atoms with Crippen molar-refractivity contribution in [3.8, 4) is 0 Å². The number of nitrogens with one attached hydrogen (secondary N) is 2. The molecule has 0 heterocycles. The minimum atomic E-state index is -4.52. The van der Waals surface area contributed by atoms with E-state index in [4.69, 9.17) is 0 Å². The monoisotopic (exact) mass is 378 g/mol. The Morgan fingerprint density at radius 2 is 1.37 bits per heavy atom. The molecule has 0 fully saturated rings. The number of anilines is 2. The van der Waals surface area contributed by atoms with Crippen LogP contribution in [0.2, 0.25) is 0 Å². The van der Waals surface area contributed by atoms with Crippen LogP contribution in [0.4, 0.5) is 24.5 Å². The molecule has 2 aromatic rings. The normalized spacial score (nSPS) is 11.8. The third-order valence-electron chi connectivity index (χ3n) is 4.30. The Hall–Kier alpha value is -2.83. The molecule has 0 aliphatic carbocycles. The summed E-state index contributed by atoms with van der Waals surface area (Å²) in [6, 6.07) is 9.79. The molecule has 0 radical (unpaired) electrons. The van der Waals surface area contributed by atoms with E-state index in [1.165, 1.54) is 26.0 Å². The van der Waals surface area contributed by atoms with Crippen LogP contribution >= 0.6 is 0 Å². The Morgan fingerprint density at radius 3 is 1.93 bits per heavy atom. The predicted octanol–water partition coefficient (Wildman–Crippen LogP) is 4.93. The summed E-state index contributed by atoms with van der Waals surface area (Å²) < 4.78 is 38.4. The van der Waals surface area contributed by atoms with Crippen molar-refractivity contribution in [2.24, 2.45) is 5.41 Å². The molecule has 0 saturated heterocycles. The van der Waals surface area contributed by atoms with Crippen LogP contribution in [-0.4, -0.2) is 11.8 Å². The van der Waals surface area contributed by atoms with Crippen LogP contribution in [0, 0.1) is 19.3 Å². The van der Waals surface area contributed by atoms with Crippen molar-refractivity contribution in [3.63, 3.8) is 0 Å². The highest BCUT2D eigenvalue weighted by Gasteiger charge is 2.37. The van der Waals surface area contributed by atoms with Gasteiger partial charge in [0.15, 0.2) is 0 Å². The van der Waals surface area contributed by atoms with Gasteiger partial charge in [0.05, 0.1) is 5.56 Å². The summed E-state index contributed by atoms with van der Waals surface area (Å²) in [7, 11) is 0. The fourth-order valence-corrected chi connectivity index (χ4v) is 2.45. The third kappa shape index (κ3) is 4.67. The molecule has 2 aromatic carbocycles. The molecule has 2 amide bonds. The van der Waals surface area contributed by atoms with Gasteiger partial charge in [0.1, 0.15) is 5.41 Å². The molecule has 0 unspecified atom stereocenters. The first-order chi connectivity index (χ1) is 12.4. The highest BCUT2D eigenvalue weighted by atomic mass is 19.4. The minimum Gasteiger partial charge on any atom is -0.325 e. The molecule has 144 valence electrons. The van der Waals surface area contributed by atoms with E-state index < -0.39 is 29.0 Å². The number of benzene rings is 2. The quantitative estimate of drug-likeness (QED) is 0.742. The van der Waals surface area contributed by atoms with E-state index in [9.17, 15) is 22.8 Å². The van der Waals surface area contributed by atoms with Crippen LogP contribution in [0.5, 0.6) is 0 Å². The average Bonchev–Trinajstić information content (AvgIpc) is 2.57. The molecule has 2 N–H and O–H groups in total. The Labute approximate surface area is 155 Å². The van der Waals surface area contributed by atoms with Gasteiger partial charge in [-0.3, -0.25) is 9.59 Å². The summed E-state index contributed by atoms with van der Waals surface area (Å²) in [4.78, 5) is 25.2. The summed E-state index contributed by atoms with van der Waals surface area (Å²) in [5.74, 6) is -1.25. The third-order valence-corrected chi connectivity index (χ3v) is 4.30. The smallest absolute Gasteiger partial charge is 0.325 e. The molecule has 0 spiro atoms. The van der Waals surface area contributed by atoms with Crippen LogP contribution < -0.4 is 10.6 Å². The minimum absolute atomic E-state index is 0.0252. The van der Waals surface area contributed by atoms with E-state index in [1.54, 1.807) is 0 Å². The van der Waals surface area contributed by atoms with Crippen molar-refractivity contribution in [2.75, 3.05) is 10.6 Å².